The molecule has 6 nitrogen and oxygen atoms in total. The minimum Gasteiger partial charge on any atom is -0.454 e. The number of aromatic nitrogens is 1. The number of amides is 1. The zero-order valence-electron chi connectivity index (χ0n) is 20.0. The molecule has 0 aliphatic carbocycles. The van der Waals surface area contributed by atoms with Gasteiger partial charge in [0, 0.05) is 67.2 Å². The van der Waals surface area contributed by atoms with Gasteiger partial charge in [-0.15, -0.1) is 0 Å². The molecule has 3 heterocycles. The number of hydrogen-bond donors (Lipinski definition) is 1. The lowest BCUT2D eigenvalue weighted by molar-refractivity contribution is -0.133. The molecule has 3 aromatic carbocycles. The smallest absolute Gasteiger partial charge is 0.231 e. The Bertz CT molecular complexity index is 1380. The molecule has 0 spiro atoms. The highest BCUT2D eigenvalue weighted by Gasteiger charge is 2.27. The number of H-pyrrole nitrogens is 1. The van der Waals surface area contributed by atoms with Crippen LogP contribution in [0.4, 0.5) is 0 Å². The Hall–Kier alpha value is -3.48. The lowest BCUT2D eigenvalue weighted by Gasteiger charge is -2.35. The minimum atomic E-state index is -0.0439. The molecule has 0 bridgehead atoms. The first-order chi connectivity index (χ1) is 17.6. The second-order valence-corrected chi connectivity index (χ2v) is 9.88. The number of carbonyl (C=O) groups is 1. The first-order valence-electron chi connectivity index (χ1n) is 12.3. The van der Waals surface area contributed by atoms with Gasteiger partial charge in [0.15, 0.2) is 11.5 Å². The van der Waals surface area contributed by atoms with Gasteiger partial charge in [-0.05, 0) is 47.0 Å². The lowest BCUT2D eigenvalue weighted by Crippen LogP contribution is -2.48. The third kappa shape index (κ3) is 4.66. The van der Waals surface area contributed by atoms with Gasteiger partial charge >= 0.3 is 0 Å². The number of carbonyl (C=O) groups excluding carboxylic acids is 1. The van der Waals surface area contributed by atoms with Crippen molar-refractivity contribution in [1.82, 2.24) is 14.8 Å². The van der Waals surface area contributed by atoms with Crippen molar-refractivity contribution in [2.45, 2.75) is 18.9 Å². The molecule has 2 aliphatic heterocycles. The maximum absolute atomic E-state index is 13.5. The summed E-state index contributed by atoms with van der Waals surface area (Å²) in [6, 6.07) is 22.2. The molecule has 0 unspecified atom stereocenters. The summed E-state index contributed by atoms with van der Waals surface area (Å²) in [5.41, 5.74) is 4.51. The van der Waals surface area contributed by atoms with E-state index in [1.807, 2.05) is 53.6 Å². The summed E-state index contributed by atoms with van der Waals surface area (Å²) >= 11 is 6.16. The predicted octanol–water partition coefficient (Wildman–Crippen LogP) is 5.42. The van der Waals surface area contributed by atoms with Crippen LogP contribution in [0.15, 0.2) is 72.9 Å². The zero-order valence-corrected chi connectivity index (χ0v) is 20.7. The minimum absolute atomic E-state index is 0.0439. The van der Waals surface area contributed by atoms with Crippen LogP contribution >= 0.6 is 11.6 Å². The molecule has 1 aromatic heterocycles. The Morgan fingerprint density at radius 1 is 0.944 bits per heavy atom. The lowest BCUT2D eigenvalue weighted by atomic mass is 9.87. The van der Waals surface area contributed by atoms with E-state index in [1.165, 1.54) is 5.56 Å². The molecule has 184 valence electrons. The average molecular weight is 502 g/mol. The van der Waals surface area contributed by atoms with E-state index in [4.69, 9.17) is 21.1 Å². The zero-order chi connectivity index (χ0) is 24.5. The van der Waals surface area contributed by atoms with E-state index in [2.05, 4.69) is 34.1 Å². The molecule has 2 aliphatic rings. The molecule has 1 saturated heterocycles. The third-order valence-corrected chi connectivity index (χ3v) is 7.47. The van der Waals surface area contributed by atoms with Crippen LogP contribution in [0.3, 0.4) is 0 Å². The monoisotopic (exact) mass is 501 g/mol. The molecule has 1 amide bonds. The molecule has 36 heavy (non-hydrogen) atoms. The van der Waals surface area contributed by atoms with E-state index in [-0.39, 0.29) is 18.6 Å². The van der Waals surface area contributed by atoms with Crippen molar-refractivity contribution < 1.29 is 14.3 Å². The number of para-hydroxylation sites is 1. The molecule has 1 atom stereocenters. The summed E-state index contributed by atoms with van der Waals surface area (Å²) in [5, 5.41) is 1.85. The van der Waals surface area contributed by atoms with Gasteiger partial charge in [0.05, 0.1) is 0 Å². The average Bonchev–Trinajstić information content (AvgIpc) is 3.55. The Morgan fingerprint density at radius 2 is 1.72 bits per heavy atom. The third-order valence-electron chi connectivity index (χ3n) is 7.22. The first-order valence-corrected chi connectivity index (χ1v) is 12.7. The fourth-order valence-electron chi connectivity index (χ4n) is 5.24. The Labute approximate surface area is 215 Å². The van der Waals surface area contributed by atoms with Gasteiger partial charge in [-0.2, -0.15) is 0 Å². The van der Waals surface area contributed by atoms with Gasteiger partial charge in [-0.1, -0.05) is 48.0 Å². The standard InChI is InChI=1S/C29H28ClN3O3/c30-22-8-6-21(7-9-22)24(25-17-31-26-4-2-1-3-23(25)26)16-29(34)33-13-11-32(12-14-33)18-20-5-10-27-28(15-20)36-19-35-27/h1-10,15,17,24,31H,11-14,16,18-19H2/t24-/m0/s1. The normalized spacial score (nSPS) is 16.4. The van der Waals surface area contributed by atoms with Crippen LogP contribution in [-0.2, 0) is 11.3 Å². The van der Waals surface area contributed by atoms with Crippen LogP contribution in [0.2, 0.25) is 5.02 Å². The number of ether oxygens (including phenoxy) is 2. The van der Waals surface area contributed by atoms with Crippen molar-refractivity contribution >= 4 is 28.4 Å². The van der Waals surface area contributed by atoms with E-state index in [1.54, 1.807) is 0 Å². The van der Waals surface area contributed by atoms with Gasteiger partial charge < -0.3 is 19.4 Å². The van der Waals surface area contributed by atoms with E-state index in [0.29, 0.717) is 11.4 Å². The SMILES string of the molecule is O=C(C[C@@H](c1ccc(Cl)cc1)c1c[nH]c2ccccc12)N1CCN(Cc2ccc3c(c2)OCO3)CC1. The molecule has 1 N–H and O–H groups in total. The quantitative estimate of drug-likeness (QED) is 0.383. The maximum atomic E-state index is 13.5. The largest absolute Gasteiger partial charge is 0.454 e. The number of nitrogens with zero attached hydrogens (tertiary/aromatic N) is 2. The molecule has 4 aromatic rings. The van der Waals surface area contributed by atoms with Crippen molar-refractivity contribution in [3.63, 3.8) is 0 Å². The molecular formula is C29H28ClN3O3. The van der Waals surface area contributed by atoms with Gasteiger partial charge in [0.25, 0.3) is 0 Å². The first kappa shape index (κ1) is 23.0. The summed E-state index contributed by atoms with van der Waals surface area (Å²) in [4.78, 5) is 21.3. The van der Waals surface area contributed by atoms with Crippen LogP contribution in [0.25, 0.3) is 10.9 Å². The Kier molecular flexibility index (Phi) is 6.30. The van der Waals surface area contributed by atoms with Crippen molar-refractivity contribution in [2.24, 2.45) is 0 Å². The second-order valence-electron chi connectivity index (χ2n) is 9.44. The van der Waals surface area contributed by atoms with Crippen molar-refractivity contribution in [3.05, 3.63) is 94.6 Å². The molecule has 0 radical (unpaired) electrons. The van der Waals surface area contributed by atoms with Gasteiger partial charge in [0.2, 0.25) is 12.7 Å². The molecule has 7 heteroatoms. The van der Waals surface area contributed by atoms with Gasteiger partial charge in [-0.25, -0.2) is 0 Å². The molecule has 0 saturated carbocycles. The van der Waals surface area contributed by atoms with E-state index < -0.39 is 0 Å². The molecule has 1 fully saturated rings. The Morgan fingerprint density at radius 3 is 2.56 bits per heavy atom. The van der Waals surface area contributed by atoms with Crippen molar-refractivity contribution in [2.75, 3.05) is 33.0 Å². The summed E-state index contributed by atoms with van der Waals surface area (Å²) in [5.74, 6) is 1.76. The van der Waals surface area contributed by atoms with Crippen LogP contribution < -0.4 is 9.47 Å². The maximum Gasteiger partial charge on any atom is 0.231 e. The van der Waals surface area contributed by atoms with Crippen LogP contribution in [0.5, 0.6) is 11.5 Å². The fourth-order valence-corrected chi connectivity index (χ4v) is 5.37. The summed E-state index contributed by atoms with van der Waals surface area (Å²) in [6.07, 6.45) is 2.46. The summed E-state index contributed by atoms with van der Waals surface area (Å²) < 4.78 is 10.9. The predicted molar refractivity (Wildman–Crippen MR) is 141 cm³/mol. The second kappa shape index (κ2) is 9.88. The van der Waals surface area contributed by atoms with Crippen molar-refractivity contribution in [1.29, 1.82) is 0 Å². The number of halogens is 1. The topological polar surface area (TPSA) is 57.8 Å². The number of aromatic amines is 1. The number of fused-ring (bicyclic) bond motifs is 2. The fraction of sp³-hybridized carbons (Fsp3) is 0.276. The van der Waals surface area contributed by atoms with Crippen molar-refractivity contribution in [3.8, 4) is 11.5 Å². The van der Waals surface area contributed by atoms with E-state index in [9.17, 15) is 4.79 Å². The molecule has 6 rings (SSSR count). The van der Waals surface area contributed by atoms with E-state index >= 15 is 0 Å². The Balaban J connectivity index is 1.14. The van der Waals surface area contributed by atoms with Gasteiger partial charge in [0.1, 0.15) is 0 Å². The van der Waals surface area contributed by atoms with E-state index in [0.717, 1.165) is 66.3 Å². The van der Waals surface area contributed by atoms with Crippen LogP contribution in [-0.4, -0.2) is 53.7 Å². The highest BCUT2D eigenvalue weighted by molar-refractivity contribution is 6.30. The van der Waals surface area contributed by atoms with Gasteiger partial charge in [-0.3, -0.25) is 9.69 Å². The number of rotatable bonds is 6. The van der Waals surface area contributed by atoms with Crippen LogP contribution in [0, 0.1) is 0 Å². The number of nitrogens with one attached hydrogen (secondary N) is 1. The summed E-state index contributed by atoms with van der Waals surface area (Å²) in [6.45, 7) is 4.27. The van der Waals surface area contributed by atoms with Crippen LogP contribution in [0.1, 0.15) is 29.0 Å². The summed E-state index contributed by atoms with van der Waals surface area (Å²) in [7, 11) is 0. The highest BCUT2D eigenvalue weighted by Crippen LogP contribution is 2.35. The number of benzene rings is 3. The highest BCUT2D eigenvalue weighted by atomic mass is 35.5. The number of piperazine rings is 1. The molecular weight excluding hydrogens is 474 g/mol. The number of hydrogen-bond acceptors (Lipinski definition) is 4.